The van der Waals surface area contributed by atoms with E-state index in [0.29, 0.717) is 5.02 Å². The SMILES string of the molecule is C[C@H](N=[N+]=[N-])c1ccc(Br)cc1Cl. The van der Waals surface area contributed by atoms with E-state index in [9.17, 15) is 0 Å². The van der Waals surface area contributed by atoms with E-state index < -0.39 is 0 Å². The third-order valence-electron chi connectivity index (χ3n) is 1.64. The second-order valence-electron chi connectivity index (χ2n) is 2.55. The Morgan fingerprint density at radius 2 is 2.31 bits per heavy atom. The standard InChI is InChI=1S/C8H7BrClN3/c1-5(12-13-11)7-3-2-6(9)4-8(7)10/h2-5H,1H3/t5-/m0/s1. The largest absolute Gasteiger partial charge is 0.0861 e. The predicted molar refractivity (Wildman–Crippen MR) is 56.7 cm³/mol. The molecule has 0 bridgehead atoms. The molecule has 5 heteroatoms. The lowest BCUT2D eigenvalue weighted by atomic mass is 10.1. The van der Waals surface area contributed by atoms with Gasteiger partial charge < -0.3 is 0 Å². The molecule has 0 amide bonds. The number of hydrogen-bond donors (Lipinski definition) is 0. The molecule has 1 aromatic rings. The average Bonchev–Trinajstić information content (AvgIpc) is 2.04. The van der Waals surface area contributed by atoms with Crippen molar-refractivity contribution in [3.05, 3.63) is 43.7 Å². The van der Waals surface area contributed by atoms with Crippen LogP contribution >= 0.6 is 27.5 Å². The molecule has 0 heterocycles. The molecular formula is C8H7BrClN3. The minimum Gasteiger partial charge on any atom is -0.0861 e. The van der Waals surface area contributed by atoms with Crippen molar-refractivity contribution in [1.82, 2.24) is 0 Å². The van der Waals surface area contributed by atoms with E-state index in [0.717, 1.165) is 10.0 Å². The first-order valence-corrected chi connectivity index (χ1v) is 4.81. The number of halogens is 2. The minimum atomic E-state index is -0.231. The summed E-state index contributed by atoms with van der Waals surface area (Å²) >= 11 is 9.24. The van der Waals surface area contributed by atoms with Crippen LogP contribution < -0.4 is 0 Å². The molecule has 1 rings (SSSR count). The fraction of sp³-hybridized carbons (Fsp3) is 0.250. The lowest BCUT2D eigenvalue weighted by Gasteiger charge is -2.07. The van der Waals surface area contributed by atoms with Crippen LogP contribution in [0.2, 0.25) is 5.02 Å². The molecule has 0 fully saturated rings. The van der Waals surface area contributed by atoms with Gasteiger partial charge in [-0.3, -0.25) is 0 Å². The molecule has 0 N–H and O–H groups in total. The van der Waals surface area contributed by atoms with Crippen molar-refractivity contribution >= 4 is 27.5 Å². The Morgan fingerprint density at radius 3 is 2.85 bits per heavy atom. The first-order chi connectivity index (χ1) is 6.15. The lowest BCUT2D eigenvalue weighted by molar-refractivity contribution is 0.808. The number of benzene rings is 1. The molecule has 0 aliphatic heterocycles. The Bertz CT molecular complexity index is 360. The molecule has 0 saturated heterocycles. The van der Waals surface area contributed by atoms with Crippen molar-refractivity contribution in [2.45, 2.75) is 13.0 Å². The minimum absolute atomic E-state index is 0.231. The van der Waals surface area contributed by atoms with Gasteiger partial charge >= 0.3 is 0 Å². The fourth-order valence-corrected chi connectivity index (χ4v) is 1.81. The van der Waals surface area contributed by atoms with Crippen molar-refractivity contribution in [1.29, 1.82) is 0 Å². The summed E-state index contributed by atoms with van der Waals surface area (Å²) in [5.74, 6) is 0. The van der Waals surface area contributed by atoms with Crippen LogP contribution in [0.15, 0.2) is 27.8 Å². The maximum absolute atomic E-state index is 8.25. The van der Waals surface area contributed by atoms with Gasteiger partial charge in [0.2, 0.25) is 0 Å². The summed E-state index contributed by atoms with van der Waals surface area (Å²) in [6.45, 7) is 1.80. The highest BCUT2D eigenvalue weighted by Crippen LogP contribution is 2.28. The zero-order chi connectivity index (χ0) is 9.84. The van der Waals surface area contributed by atoms with Crippen LogP contribution in [0.1, 0.15) is 18.5 Å². The maximum Gasteiger partial charge on any atom is 0.0611 e. The second-order valence-corrected chi connectivity index (χ2v) is 3.87. The Balaban J connectivity index is 3.08. The van der Waals surface area contributed by atoms with Crippen LogP contribution in [-0.4, -0.2) is 0 Å². The smallest absolute Gasteiger partial charge is 0.0611 e. The molecule has 0 aliphatic rings. The van der Waals surface area contributed by atoms with E-state index in [4.69, 9.17) is 17.1 Å². The molecule has 0 unspecified atom stereocenters. The van der Waals surface area contributed by atoms with Gasteiger partial charge in [0.25, 0.3) is 0 Å². The molecule has 0 aromatic heterocycles. The fourth-order valence-electron chi connectivity index (χ4n) is 0.980. The topological polar surface area (TPSA) is 48.8 Å². The van der Waals surface area contributed by atoms with Crippen molar-refractivity contribution in [3.63, 3.8) is 0 Å². The number of hydrogen-bond acceptors (Lipinski definition) is 1. The highest BCUT2D eigenvalue weighted by atomic mass is 79.9. The highest BCUT2D eigenvalue weighted by Gasteiger charge is 2.07. The molecule has 1 aromatic carbocycles. The van der Waals surface area contributed by atoms with Gasteiger partial charge in [-0.25, -0.2) is 0 Å². The first kappa shape index (κ1) is 10.4. The van der Waals surface area contributed by atoms with E-state index in [-0.39, 0.29) is 6.04 Å². The quantitative estimate of drug-likeness (QED) is 0.428. The number of nitrogens with zero attached hydrogens (tertiary/aromatic N) is 3. The van der Waals surface area contributed by atoms with Crippen LogP contribution in [0.3, 0.4) is 0 Å². The summed E-state index contributed by atoms with van der Waals surface area (Å²) in [7, 11) is 0. The van der Waals surface area contributed by atoms with E-state index in [1.165, 1.54) is 0 Å². The summed E-state index contributed by atoms with van der Waals surface area (Å²) in [5, 5.41) is 4.17. The summed E-state index contributed by atoms with van der Waals surface area (Å²) in [6.07, 6.45) is 0. The van der Waals surface area contributed by atoms with Gasteiger partial charge in [-0.2, -0.15) is 0 Å². The molecule has 68 valence electrons. The Labute approximate surface area is 89.5 Å². The third-order valence-corrected chi connectivity index (χ3v) is 2.46. The van der Waals surface area contributed by atoms with E-state index in [1.807, 2.05) is 12.1 Å². The molecular weight excluding hydrogens is 253 g/mol. The lowest BCUT2D eigenvalue weighted by Crippen LogP contribution is -1.89. The first-order valence-electron chi connectivity index (χ1n) is 3.64. The molecule has 0 aliphatic carbocycles. The molecule has 0 saturated carbocycles. The van der Waals surface area contributed by atoms with Crippen LogP contribution in [0.4, 0.5) is 0 Å². The number of azide groups is 1. The predicted octanol–water partition coefficient (Wildman–Crippen LogP) is 4.47. The molecule has 3 nitrogen and oxygen atoms in total. The highest BCUT2D eigenvalue weighted by molar-refractivity contribution is 9.10. The van der Waals surface area contributed by atoms with Gasteiger partial charge in [-0.15, -0.1) is 0 Å². The summed E-state index contributed by atoms with van der Waals surface area (Å²) in [4.78, 5) is 2.73. The van der Waals surface area contributed by atoms with Gasteiger partial charge in [0.1, 0.15) is 0 Å². The van der Waals surface area contributed by atoms with Gasteiger partial charge in [0.05, 0.1) is 6.04 Å². The van der Waals surface area contributed by atoms with Crippen molar-refractivity contribution < 1.29 is 0 Å². The zero-order valence-corrected chi connectivity index (χ0v) is 9.25. The summed E-state index contributed by atoms with van der Waals surface area (Å²) in [6, 6.07) is 5.25. The maximum atomic E-state index is 8.25. The normalized spacial score (nSPS) is 11.9. The van der Waals surface area contributed by atoms with Crippen LogP contribution in [-0.2, 0) is 0 Å². The summed E-state index contributed by atoms with van der Waals surface area (Å²) < 4.78 is 0.911. The van der Waals surface area contributed by atoms with Crippen LogP contribution in [0.25, 0.3) is 10.4 Å². The monoisotopic (exact) mass is 259 g/mol. The van der Waals surface area contributed by atoms with Crippen LogP contribution in [0, 0.1) is 0 Å². The molecule has 1 atom stereocenters. The van der Waals surface area contributed by atoms with Gasteiger partial charge in [-0.05, 0) is 23.2 Å². The summed E-state index contributed by atoms with van der Waals surface area (Å²) in [5.41, 5.74) is 9.09. The van der Waals surface area contributed by atoms with E-state index in [1.54, 1.807) is 13.0 Å². The van der Waals surface area contributed by atoms with Gasteiger partial charge in [-0.1, -0.05) is 45.6 Å². The van der Waals surface area contributed by atoms with E-state index >= 15 is 0 Å². The van der Waals surface area contributed by atoms with Crippen LogP contribution in [0.5, 0.6) is 0 Å². The Kier molecular flexibility index (Phi) is 3.60. The van der Waals surface area contributed by atoms with Crippen molar-refractivity contribution in [2.24, 2.45) is 5.11 Å². The molecule has 0 spiro atoms. The van der Waals surface area contributed by atoms with Gasteiger partial charge in [0.15, 0.2) is 0 Å². The van der Waals surface area contributed by atoms with Gasteiger partial charge in [0, 0.05) is 14.4 Å². The molecule has 13 heavy (non-hydrogen) atoms. The number of rotatable bonds is 2. The average molecular weight is 261 g/mol. The Morgan fingerprint density at radius 1 is 1.62 bits per heavy atom. The third kappa shape index (κ3) is 2.62. The van der Waals surface area contributed by atoms with Crippen molar-refractivity contribution in [3.8, 4) is 0 Å². The van der Waals surface area contributed by atoms with E-state index in [2.05, 4.69) is 26.0 Å². The zero-order valence-electron chi connectivity index (χ0n) is 6.91. The second kappa shape index (κ2) is 4.51. The van der Waals surface area contributed by atoms with Crippen molar-refractivity contribution in [2.75, 3.05) is 0 Å². The molecule has 0 radical (unpaired) electrons. The Hall–Kier alpha value is -0.700.